The van der Waals surface area contributed by atoms with E-state index in [0.29, 0.717) is 11.3 Å². The predicted molar refractivity (Wildman–Crippen MR) is 105 cm³/mol. The molecule has 3 aromatic carbocycles. The highest BCUT2D eigenvalue weighted by Crippen LogP contribution is 2.37. The Labute approximate surface area is 163 Å². The second-order valence-corrected chi connectivity index (χ2v) is 7.24. The Balaban J connectivity index is 1.87. The average molecular weight is 432 g/mol. The van der Waals surface area contributed by atoms with E-state index in [9.17, 15) is 9.18 Å². The lowest BCUT2D eigenvalue weighted by atomic mass is 10.0. The third kappa shape index (κ3) is 2.97. The molecule has 1 atom stereocenters. The molecule has 0 saturated carbocycles. The summed E-state index contributed by atoms with van der Waals surface area (Å²) in [5.74, 6) is -0.691. The fraction of sp³-hybridized carbons (Fsp3) is 0.0500. The summed E-state index contributed by atoms with van der Waals surface area (Å²) in [4.78, 5) is 14.8. The zero-order valence-corrected chi connectivity index (χ0v) is 15.8. The molecule has 1 N–H and O–H groups in total. The molecule has 3 nitrogen and oxygen atoms in total. The number of halogens is 3. The minimum atomic E-state index is -0.520. The summed E-state index contributed by atoms with van der Waals surface area (Å²) in [5.41, 5.74) is 2.74. The molecule has 0 aromatic heterocycles. The molecule has 0 aliphatic carbocycles. The smallest absolute Gasteiger partial charge is 0.262 e. The standard InChI is InChI=1S/C20H13BrClFN2O/c21-13-7-5-12(6-8-13)19-24-18-4-2-1-3-15(18)20(26)25(19)14-9-10-17(23)16(22)11-14/h1-11,19,24H. The zero-order valence-electron chi connectivity index (χ0n) is 13.4. The highest BCUT2D eigenvalue weighted by molar-refractivity contribution is 9.10. The first kappa shape index (κ1) is 17.1. The number of nitrogens with zero attached hydrogens (tertiary/aromatic N) is 1. The topological polar surface area (TPSA) is 32.3 Å². The van der Waals surface area contributed by atoms with Gasteiger partial charge >= 0.3 is 0 Å². The van der Waals surface area contributed by atoms with Gasteiger partial charge in [0.2, 0.25) is 0 Å². The Kier molecular flexibility index (Phi) is 4.42. The largest absolute Gasteiger partial charge is 0.360 e. The summed E-state index contributed by atoms with van der Waals surface area (Å²) in [6.07, 6.45) is -0.438. The van der Waals surface area contributed by atoms with Gasteiger partial charge in [0.15, 0.2) is 0 Å². The Morgan fingerprint density at radius 2 is 1.77 bits per heavy atom. The second-order valence-electron chi connectivity index (χ2n) is 5.92. The van der Waals surface area contributed by atoms with Crippen molar-refractivity contribution >= 4 is 44.8 Å². The first-order chi connectivity index (χ1) is 12.5. The maximum absolute atomic E-state index is 13.6. The van der Waals surface area contributed by atoms with Gasteiger partial charge in [0, 0.05) is 15.8 Å². The average Bonchev–Trinajstić information content (AvgIpc) is 2.65. The number of carbonyl (C=O) groups is 1. The van der Waals surface area contributed by atoms with Gasteiger partial charge < -0.3 is 5.32 Å². The predicted octanol–water partition coefficient (Wildman–Crippen LogP) is 6.01. The number of carbonyl (C=O) groups excluding carboxylic acids is 1. The fourth-order valence-electron chi connectivity index (χ4n) is 3.03. The maximum atomic E-state index is 13.6. The van der Waals surface area contributed by atoms with Gasteiger partial charge in [0.25, 0.3) is 5.91 Å². The monoisotopic (exact) mass is 430 g/mol. The number of fused-ring (bicyclic) bond motifs is 1. The normalized spacial score (nSPS) is 16.2. The molecule has 0 bridgehead atoms. The number of hydrogen-bond acceptors (Lipinski definition) is 2. The molecule has 1 amide bonds. The van der Waals surface area contributed by atoms with Crippen LogP contribution >= 0.6 is 27.5 Å². The van der Waals surface area contributed by atoms with Crippen LogP contribution in [0.5, 0.6) is 0 Å². The van der Waals surface area contributed by atoms with Crippen LogP contribution < -0.4 is 10.2 Å². The van der Waals surface area contributed by atoms with Crippen molar-refractivity contribution in [2.45, 2.75) is 6.17 Å². The number of benzene rings is 3. The fourth-order valence-corrected chi connectivity index (χ4v) is 3.47. The van der Waals surface area contributed by atoms with Gasteiger partial charge in [0.05, 0.1) is 10.6 Å². The summed E-state index contributed by atoms with van der Waals surface area (Å²) in [5, 5.41) is 3.37. The number of hydrogen-bond donors (Lipinski definition) is 1. The van der Waals surface area contributed by atoms with Gasteiger partial charge in [-0.2, -0.15) is 0 Å². The third-order valence-electron chi connectivity index (χ3n) is 4.29. The minimum absolute atomic E-state index is 0.0243. The molecule has 0 fully saturated rings. The van der Waals surface area contributed by atoms with E-state index in [-0.39, 0.29) is 10.9 Å². The van der Waals surface area contributed by atoms with Crippen molar-refractivity contribution < 1.29 is 9.18 Å². The molecule has 4 rings (SSSR count). The Morgan fingerprint density at radius 1 is 1.04 bits per heavy atom. The van der Waals surface area contributed by atoms with Gasteiger partial charge in [-0.1, -0.05) is 51.8 Å². The van der Waals surface area contributed by atoms with Gasteiger partial charge in [-0.25, -0.2) is 4.39 Å². The molecule has 130 valence electrons. The Hall–Kier alpha value is -2.37. The van der Waals surface area contributed by atoms with Crippen LogP contribution in [0, 0.1) is 5.82 Å². The summed E-state index contributed by atoms with van der Waals surface area (Å²) in [6, 6.07) is 19.3. The summed E-state index contributed by atoms with van der Waals surface area (Å²) in [7, 11) is 0. The Bertz CT molecular complexity index is 993. The van der Waals surface area contributed by atoms with Crippen molar-refractivity contribution in [2.24, 2.45) is 0 Å². The quantitative estimate of drug-likeness (QED) is 0.539. The lowest BCUT2D eigenvalue weighted by Crippen LogP contribution is -2.43. The molecule has 1 aliphatic rings. The SMILES string of the molecule is O=C1c2ccccc2NC(c2ccc(Br)cc2)N1c1ccc(F)c(Cl)c1. The molecular formula is C20H13BrClFN2O. The second kappa shape index (κ2) is 6.74. The molecule has 6 heteroatoms. The molecule has 1 heterocycles. The first-order valence-corrected chi connectivity index (χ1v) is 9.11. The van der Waals surface area contributed by atoms with E-state index in [2.05, 4.69) is 21.2 Å². The van der Waals surface area contributed by atoms with E-state index in [1.54, 1.807) is 17.0 Å². The van der Waals surface area contributed by atoms with Crippen LogP contribution in [0.1, 0.15) is 22.1 Å². The highest BCUT2D eigenvalue weighted by Gasteiger charge is 2.34. The molecule has 26 heavy (non-hydrogen) atoms. The summed E-state index contributed by atoms with van der Waals surface area (Å²) in [6.45, 7) is 0. The highest BCUT2D eigenvalue weighted by atomic mass is 79.9. The molecule has 3 aromatic rings. The minimum Gasteiger partial charge on any atom is -0.360 e. The molecule has 0 radical (unpaired) electrons. The van der Waals surface area contributed by atoms with Crippen molar-refractivity contribution in [3.63, 3.8) is 0 Å². The third-order valence-corrected chi connectivity index (χ3v) is 5.11. The lowest BCUT2D eigenvalue weighted by Gasteiger charge is -2.38. The molecule has 0 saturated heterocycles. The van der Waals surface area contributed by atoms with Crippen molar-refractivity contribution in [1.29, 1.82) is 0 Å². The van der Waals surface area contributed by atoms with E-state index in [4.69, 9.17) is 11.6 Å². The van der Waals surface area contributed by atoms with Crippen LogP contribution in [0.3, 0.4) is 0 Å². The van der Waals surface area contributed by atoms with Crippen molar-refractivity contribution in [2.75, 3.05) is 10.2 Å². The van der Waals surface area contributed by atoms with E-state index in [0.717, 1.165) is 15.7 Å². The first-order valence-electron chi connectivity index (χ1n) is 7.94. The van der Waals surface area contributed by atoms with Gasteiger partial charge in [-0.05, 0) is 48.0 Å². The van der Waals surface area contributed by atoms with Crippen molar-refractivity contribution in [1.82, 2.24) is 0 Å². The number of nitrogens with one attached hydrogen (secondary N) is 1. The van der Waals surface area contributed by atoms with E-state index < -0.39 is 12.0 Å². The van der Waals surface area contributed by atoms with E-state index >= 15 is 0 Å². The summed E-state index contributed by atoms with van der Waals surface area (Å²) < 4.78 is 14.6. The number of amides is 1. The van der Waals surface area contributed by atoms with Crippen molar-refractivity contribution in [3.05, 3.63) is 93.2 Å². The number of rotatable bonds is 2. The van der Waals surface area contributed by atoms with Gasteiger partial charge in [-0.3, -0.25) is 9.69 Å². The summed E-state index contributed by atoms with van der Waals surface area (Å²) >= 11 is 9.38. The van der Waals surface area contributed by atoms with Crippen LogP contribution in [0.15, 0.2) is 71.2 Å². The van der Waals surface area contributed by atoms with Crippen LogP contribution in [0.4, 0.5) is 15.8 Å². The van der Waals surface area contributed by atoms with Crippen LogP contribution in [-0.2, 0) is 0 Å². The Morgan fingerprint density at radius 3 is 2.50 bits per heavy atom. The molecule has 1 unspecified atom stereocenters. The van der Waals surface area contributed by atoms with Crippen LogP contribution in [-0.4, -0.2) is 5.91 Å². The lowest BCUT2D eigenvalue weighted by molar-refractivity contribution is 0.0975. The van der Waals surface area contributed by atoms with Crippen LogP contribution in [0.2, 0.25) is 5.02 Å². The number of para-hydroxylation sites is 1. The molecular weight excluding hydrogens is 419 g/mol. The van der Waals surface area contributed by atoms with E-state index in [1.807, 2.05) is 42.5 Å². The maximum Gasteiger partial charge on any atom is 0.262 e. The van der Waals surface area contributed by atoms with E-state index in [1.165, 1.54) is 12.1 Å². The molecule has 1 aliphatic heterocycles. The zero-order chi connectivity index (χ0) is 18.3. The van der Waals surface area contributed by atoms with Crippen molar-refractivity contribution in [3.8, 4) is 0 Å². The van der Waals surface area contributed by atoms with Gasteiger partial charge in [-0.15, -0.1) is 0 Å². The number of anilines is 2. The molecule has 0 spiro atoms. The van der Waals surface area contributed by atoms with Crippen LogP contribution in [0.25, 0.3) is 0 Å². The van der Waals surface area contributed by atoms with Gasteiger partial charge in [0.1, 0.15) is 12.0 Å².